The van der Waals surface area contributed by atoms with E-state index in [1.165, 1.54) is 0 Å². The van der Waals surface area contributed by atoms with Gasteiger partial charge in [0, 0.05) is 32.7 Å². The van der Waals surface area contributed by atoms with Gasteiger partial charge in [0.05, 0.1) is 6.54 Å². The molecule has 1 N–H and O–H groups in total. The van der Waals surface area contributed by atoms with Crippen LogP contribution < -0.4 is 14.8 Å². The second-order valence-corrected chi connectivity index (χ2v) is 7.54. The summed E-state index contributed by atoms with van der Waals surface area (Å²) in [4.78, 5) is 28.1. The van der Waals surface area contributed by atoms with Crippen molar-refractivity contribution in [3.63, 3.8) is 0 Å². The number of piperazine rings is 1. The first-order valence-electron chi connectivity index (χ1n) is 10.8. The van der Waals surface area contributed by atoms with Crippen molar-refractivity contribution < 1.29 is 19.1 Å². The minimum absolute atomic E-state index is 0.00120. The van der Waals surface area contributed by atoms with Crippen LogP contribution in [-0.4, -0.2) is 67.5 Å². The van der Waals surface area contributed by atoms with E-state index in [0.29, 0.717) is 51.6 Å². The van der Waals surface area contributed by atoms with Crippen molar-refractivity contribution in [3.05, 3.63) is 60.2 Å². The SMILES string of the molecule is CCCNC(=O)CN1CCN(C(=O)COc2ccc(OCc3ccccc3)cc2)CC1. The number of carbonyl (C=O) groups is 2. The van der Waals surface area contributed by atoms with E-state index in [9.17, 15) is 9.59 Å². The Morgan fingerprint density at radius 1 is 0.903 bits per heavy atom. The summed E-state index contributed by atoms with van der Waals surface area (Å²) in [5.74, 6) is 1.38. The zero-order chi connectivity index (χ0) is 21.9. The number of rotatable bonds is 10. The first kappa shape index (κ1) is 22.6. The molecule has 0 bridgehead atoms. The van der Waals surface area contributed by atoms with Crippen LogP contribution in [-0.2, 0) is 16.2 Å². The second-order valence-electron chi connectivity index (χ2n) is 7.54. The van der Waals surface area contributed by atoms with Crippen molar-refractivity contribution >= 4 is 11.8 Å². The molecule has 1 aliphatic heterocycles. The molecule has 0 spiro atoms. The highest BCUT2D eigenvalue weighted by atomic mass is 16.5. The van der Waals surface area contributed by atoms with Gasteiger partial charge in [0.15, 0.2) is 6.61 Å². The predicted octanol–water partition coefficient (Wildman–Crippen LogP) is 2.31. The molecule has 166 valence electrons. The highest BCUT2D eigenvalue weighted by Gasteiger charge is 2.22. The topological polar surface area (TPSA) is 71.1 Å². The molecule has 0 saturated carbocycles. The lowest BCUT2D eigenvalue weighted by Gasteiger charge is -2.34. The molecule has 0 unspecified atom stereocenters. The molecule has 1 fully saturated rings. The monoisotopic (exact) mass is 425 g/mol. The smallest absolute Gasteiger partial charge is 0.260 e. The fourth-order valence-corrected chi connectivity index (χ4v) is 3.29. The van der Waals surface area contributed by atoms with Crippen LogP contribution in [0.25, 0.3) is 0 Å². The number of benzene rings is 2. The van der Waals surface area contributed by atoms with E-state index in [4.69, 9.17) is 9.47 Å². The van der Waals surface area contributed by atoms with Gasteiger partial charge in [-0.25, -0.2) is 0 Å². The van der Waals surface area contributed by atoms with Gasteiger partial charge in [-0.3, -0.25) is 14.5 Å². The van der Waals surface area contributed by atoms with Gasteiger partial charge in [-0.05, 0) is 36.2 Å². The Hall–Kier alpha value is -3.06. The van der Waals surface area contributed by atoms with Crippen LogP contribution >= 0.6 is 0 Å². The van der Waals surface area contributed by atoms with Crippen molar-refractivity contribution in [2.24, 2.45) is 0 Å². The first-order valence-corrected chi connectivity index (χ1v) is 10.8. The summed E-state index contributed by atoms with van der Waals surface area (Å²) < 4.78 is 11.4. The van der Waals surface area contributed by atoms with Crippen molar-refractivity contribution in [1.29, 1.82) is 0 Å². The lowest BCUT2D eigenvalue weighted by atomic mass is 10.2. The molecule has 7 nitrogen and oxygen atoms in total. The van der Waals surface area contributed by atoms with Crippen LogP contribution in [0.5, 0.6) is 11.5 Å². The first-order chi connectivity index (χ1) is 15.1. The van der Waals surface area contributed by atoms with Gasteiger partial charge >= 0.3 is 0 Å². The maximum Gasteiger partial charge on any atom is 0.260 e. The summed E-state index contributed by atoms with van der Waals surface area (Å²) in [6, 6.07) is 17.3. The van der Waals surface area contributed by atoms with Crippen LogP contribution in [0.15, 0.2) is 54.6 Å². The molecule has 3 rings (SSSR count). The van der Waals surface area contributed by atoms with Crippen LogP contribution in [0.2, 0.25) is 0 Å². The third-order valence-electron chi connectivity index (χ3n) is 5.10. The number of hydrogen-bond acceptors (Lipinski definition) is 5. The Morgan fingerprint density at radius 3 is 2.19 bits per heavy atom. The maximum atomic E-state index is 12.4. The summed E-state index contributed by atoms with van der Waals surface area (Å²) in [5.41, 5.74) is 1.11. The minimum atomic E-state index is -0.0421. The molecule has 2 aromatic carbocycles. The fraction of sp³-hybridized carbons (Fsp3) is 0.417. The molecule has 1 heterocycles. The zero-order valence-electron chi connectivity index (χ0n) is 18.1. The molecular weight excluding hydrogens is 394 g/mol. The van der Waals surface area contributed by atoms with Crippen LogP contribution in [0, 0.1) is 0 Å². The van der Waals surface area contributed by atoms with Gasteiger partial charge in [0.25, 0.3) is 5.91 Å². The molecule has 2 amide bonds. The summed E-state index contributed by atoms with van der Waals surface area (Å²) in [6.45, 7) is 6.22. The maximum absolute atomic E-state index is 12.4. The average molecular weight is 426 g/mol. The van der Waals surface area contributed by atoms with Gasteiger partial charge in [0.1, 0.15) is 18.1 Å². The van der Waals surface area contributed by atoms with E-state index >= 15 is 0 Å². The van der Waals surface area contributed by atoms with Crippen LogP contribution in [0.3, 0.4) is 0 Å². The molecule has 2 aromatic rings. The molecule has 0 aromatic heterocycles. The molecule has 0 aliphatic carbocycles. The quantitative estimate of drug-likeness (QED) is 0.633. The number of ether oxygens (including phenoxy) is 2. The van der Waals surface area contributed by atoms with E-state index in [2.05, 4.69) is 10.2 Å². The van der Waals surface area contributed by atoms with Crippen molar-refractivity contribution in [2.45, 2.75) is 20.0 Å². The lowest BCUT2D eigenvalue weighted by Crippen LogP contribution is -2.52. The average Bonchev–Trinajstić information content (AvgIpc) is 2.81. The van der Waals surface area contributed by atoms with Crippen molar-refractivity contribution in [1.82, 2.24) is 15.1 Å². The summed E-state index contributed by atoms with van der Waals surface area (Å²) in [6.07, 6.45) is 0.928. The summed E-state index contributed by atoms with van der Waals surface area (Å²) in [5, 5.41) is 2.88. The standard InChI is InChI=1S/C24H31N3O4/c1-2-12-25-23(28)17-26-13-15-27(16-14-26)24(29)19-31-22-10-8-21(9-11-22)30-18-20-6-4-3-5-7-20/h3-11H,2,12-19H2,1H3,(H,25,28). The number of nitrogens with zero attached hydrogens (tertiary/aromatic N) is 2. The summed E-state index contributed by atoms with van der Waals surface area (Å²) in [7, 11) is 0. The van der Waals surface area contributed by atoms with Crippen LogP contribution in [0.1, 0.15) is 18.9 Å². The Morgan fingerprint density at radius 2 is 1.55 bits per heavy atom. The van der Waals surface area contributed by atoms with E-state index < -0.39 is 0 Å². The number of hydrogen-bond donors (Lipinski definition) is 1. The van der Waals surface area contributed by atoms with Gasteiger partial charge in [-0.15, -0.1) is 0 Å². The number of carbonyl (C=O) groups excluding carboxylic acids is 2. The van der Waals surface area contributed by atoms with Crippen molar-refractivity contribution in [2.75, 3.05) is 45.9 Å². The molecule has 0 radical (unpaired) electrons. The molecule has 31 heavy (non-hydrogen) atoms. The molecule has 7 heteroatoms. The Kier molecular flexibility index (Phi) is 8.72. The number of nitrogens with one attached hydrogen (secondary N) is 1. The minimum Gasteiger partial charge on any atom is -0.489 e. The zero-order valence-corrected chi connectivity index (χ0v) is 18.1. The van der Waals surface area contributed by atoms with Gasteiger partial charge < -0.3 is 19.7 Å². The predicted molar refractivity (Wildman–Crippen MR) is 119 cm³/mol. The summed E-state index contributed by atoms with van der Waals surface area (Å²) >= 11 is 0. The third-order valence-corrected chi connectivity index (χ3v) is 5.10. The van der Waals surface area contributed by atoms with Gasteiger partial charge in [-0.2, -0.15) is 0 Å². The largest absolute Gasteiger partial charge is 0.489 e. The molecule has 0 atom stereocenters. The molecule has 1 saturated heterocycles. The second kappa shape index (κ2) is 12.0. The van der Waals surface area contributed by atoms with E-state index in [-0.39, 0.29) is 18.4 Å². The Balaban J connectivity index is 1.35. The highest BCUT2D eigenvalue weighted by Crippen LogP contribution is 2.19. The lowest BCUT2D eigenvalue weighted by molar-refractivity contribution is -0.135. The van der Waals surface area contributed by atoms with Gasteiger partial charge in [0.2, 0.25) is 5.91 Å². The molecular formula is C24H31N3O4. The highest BCUT2D eigenvalue weighted by molar-refractivity contribution is 5.79. The normalized spacial score (nSPS) is 14.2. The van der Waals surface area contributed by atoms with E-state index in [0.717, 1.165) is 17.7 Å². The Labute approximate surface area is 183 Å². The van der Waals surface area contributed by atoms with Gasteiger partial charge in [-0.1, -0.05) is 37.3 Å². The van der Waals surface area contributed by atoms with E-state index in [1.54, 1.807) is 17.0 Å². The van der Waals surface area contributed by atoms with Crippen LogP contribution in [0.4, 0.5) is 0 Å². The van der Waals surface area contributed by atoms with E-state index in [1.807, 2.05) is 49.4 Å². The third kappa shape index (κ3) is 7.61. The fourth-order valence-electron chi connectivity index (χ4n) is 3.29. The molecule has 1 aliphatic rings. The Bertz CT molecular complexity index is 818. The number of amides is 2. The van der Waals surface area contributed by atoms with Crippen molar-refractivity contribution in [3.8, 4) is 11.5 Å².